The van der Waals surface area contributed by atoms with Gasteiger partial charge in [0.15, 0.2) is 0 Å². The Balaban J connectivity index is 1.78. The molecule has 1 aliphatic heterocycles. The molecule has 2 aromatic carbocycles. The first kappa shape index (κ1) is 30.3. The van der Waals surface area contributed by atoms with Crippen molar-refractivity contribution in [1.29, 1.82) is 0 Å². The lowest BCUT2D eigenvalue weighted by Gasteiger charge is -2.30. The summed E-state index contributed by atoms with van der Waals surface area (Å²) in [5, 5.41) is 3.22. The van der Waals surface area contributed by atoms with Gasteiger partial charge in [0, 0.05) is 45.5 Å². The Kier molecular flexibility index (Phi) is 9.88. The summed E-state index contributed by atoms with van der Waals surface area (Å²) in [5.74, 6) is -0.370. The van der Waals surface area contributed by atoms with E-state index in [1.54, 1.807) is 20.8 Å². The number of alkyl halides is 3. The van der Waals surface area contributed by atoms with Crippen LogP contribution in [0.15, 0.2) is 42.5 Å². The van der Waals surface area contributed by atoms with Gasteiger partial charge >= 0.3 is 12.3 Å². The summed E-state index contributed by atoms with van der Waals surface area (Å²) in [4.78, 5) is 30.8. The van der Waals surface area contributed by atoms with Crippen LogP contribution in [-0.2, 0) is 35.2 Å². The van der Waals surface area contributed by atoms with Gasteiger partial charge in [-0.15, -0.1) is 0 Å². The molecule has 214 valence electrons. The van der Waals surface area contributed by atoms with Gasteiger partial charge in [-0.05, 0) is 62.6 Å². The zero-order valence-corrected chi connectivity index (χ0v) is 23.4. The van der Waals surface area contributed by atoms with Gasteiger partial charge in [0.1, 0.15) is 5.60 Å². The molecule has 0 unspecified atom stereocenters. The highest BCUT2D eigenvalue weighted by atomic mass is 19.4. The van der Waals surface area contributed by atoms with Crippen LogP contribution in [0, 0.1) is 0 Å². The molecule has 0 saturated heterocycles. The van der Waals surface area contributed by atoms with Crippen LogP contribution in [0.5, 0.6) is 0 Å². The number of carbonyl (C=O) groups is 2. The second-order valence-corrected chi connectivity index (χ2v) is 10.8. The third-order valence-corrected chi connectivity index (χ3v) is 6.68. The summed E-state index contributed by atoms with van der Waals surface area (Å²) in [7, 11) is 1.54. The summed E-state index contributed by atoms with van der Waals surface area (Å²) < 4.78 is 46.4. The van der Waals surface area contributed by atoms with E-state index in [9.17, 15) is 22.8 Å². The molecular weight excluding hydrogens is 509 g/mol. The maximum absolute atomic E-state index is 13.7. The van der Waals surface area contributed by atoms with Crippen molar-refractivity contribution in [2.24, 2.45) is 0 Å². The van der Waals surface area contributed by atoms with Crippen LogP contribution in [-0.4, -0.2) is 72.1 Å². The Morgan fingerprint density at radius 3 is 2.44 bits per heavy atom. The van der Waals surface area contributed by atoms with Crippen molar-refractivity contribution in [2.75, 3.05) is 45.1 Å². The fraction of sp³-hybridized carbons (Fsp3) is 0.517. The van der Waals surface area contributed by atoms with Gasteiger partial charge < -0.3 is 19.9 Å². The molecule has 0 aliphatic carbocycles. The van der Waals surface area contributed by atoms with Crippen LogP contribution < -0.4 is 5.32 Å². The summed E-state index contributed by atoms with van der Waals surface area (Å²) >= 11 is 0. The Morgan fingerprint density at radius 2 is 1.77 bits per heavy atom. The van der Waals surface area contributed by atoms with E-state index in [-0.39, 0.29) is 37.6 Å². The zero-order chi connectivity index (χ0) is 28.8. The molecule has 1 N–H and O–H groups in total. The van der Waals surface area contributed by atoms with E-state index in [1.165, 1.54) is 40.6 Å². The molecule has 0 saturated carbocycles. The SMILES string of the molecule is CCN1CCc2cccc(NCC(=O)N(CCN(C)C(=O)OC(C)(C)C)Cc3ccccc3C(F)(F)F)c2C1. The maximum atomic E-state index is 13.7. The number of benzene rings is 2. The van der Waals surface area contributed by atoms with Gasteiger partial charge in [-0.2, -0.15) is 13.2 Å². The molecule has 0 atom stereocenters. The molecular formula is C29H39F3N4O3. The fourth-order valence-electron chi connectivity index (χ4n) is 4.49. The van der Waals surface area contributed by atoms with E-state index in [0.717, 1.165) is 43.4 Å². The van der Waals surface area contributed by atoms with E-state index >= 15 is 0 Å². The highest BCUT2D eigenvalue weighted by molar-refractivity contribution is 5.81. The molecule has 1 aliphatic rings. The number of halogens is 3. The lowest BCUT2D eigenvalue weighted by atomic mass is 9.98. The number of fused-ring (bicyclic) bond motifs is 1. The van der Waals surface area contributed by atoms with Gasteiger partial charge in [-0.25, -0.2) is 4.79 Å². The van der Waals surface area contributed by atoms with Crippen molar-refractivity contribution in [3.05, 3.63) is 64.7 Å². The minimum Gasteiger partial charge on any atom is -0.444 e. The summed E-state index contributed by atoms with van der Waals surface area (Å²) in [6.45, 7) is 9.82. The first-order valence-electron chi connectivity index (χ1n) is 13.2. The molecule has 7 nitrogen and oxygen atoms in total. The van der Waals surface area contributed by atoms with Gasteiger partial charge in [0.25, 0.3) is 0 Å². The second-order valence-electron chi connectivity index (χ2n) is 10.8. The van der Waals surface area contributed by atoms with Crippen molar-refractivity contribution in [2.45, 2.75) is 59.0 Å². The predicted octanol–water partition coefficient (Wildman–Crippen LogP) is 5.39. The number of anilines is 1. The lowest BCUT2D eigenvalue weighted by molar-refractivity contribution is -0.139. The number of rotatable bonds is 9. The quantitative estimate of drug-likeness (QED) is 0.455. The first-order valence-corrected chi connectivity index (χ1v) is 13.2. The Hall–Kier alpha value is -3.27. The van der Waals surface area contributed by atoms with Crippen LogP contribution in [0.3, 0.4) is 0 Å². The molecule has 1 heterocycles. The predicted molar refractivity (Wildman–Crippen MR) is 145 cm³/mol. The monoisotopic (exact) mass is 548 g/mol. The van der Waals surface area contributed by atoms with Crippen molar-refractivity contribution < 1.29 is 27.5 Å². The number of likely N-dealkylation sites (N-methyl/N-ethyl adjacent to an activating group) is 2. The minimum atomic E-state index is -4.55. The van der Waals surface area contributed by atoms with E-state index in [1.807, 2.05) is 12.1 Å². The van der Waals surface area contributed by atoms with Gasteiger partial charge in [-0.1, -0.05) is 37.3 Å². The molecule has 0 bridgehead atoms. The number of ether oxygens (including phenoxy) is 1. The van der Waals surface area contributed by atoms with Crippen molar-refractivity contribution in [1.82, 2.24) is 14.7 Å². The standard InChI is InChI=1S/C29H39F3N4O3/c1-6-35-15-14-21-11-9-13-25(23(21)20-35)33-18-26(37)36(17-16-34(5)27(38)39-28(2,3)4)19-22-10-7-8-12-24(22)29(30,31)32/h7-13,33H,6,14-20H2,1-5H3. The number of carbonyl (C=O) groups excluding carboxylic acids is 2. The maximum Gasteiger partial charge on any atom is 0.416 e. The largest absolute Gasteiger partial charge is 0.444 e. The summed E-state index contributed by atoms with van der Waals surface area (Å²) in [5.41, 5.74) is 1.73. The molecule has 0 spiro atoms. The molecule has 39 heavy (non-hydrogen) atoms. The van der Waals surface area contributed by atoms with Crippen molar-refractivity contribution >= 4 is 17.7 Å². The normalized spacial score (nSPS) is 13.9. The van der Waals surface area contributed by atoms with Gasteiger partial charge in [0.2, 0.25) is 5.91 Å². The van der Waals surface area contributed by atoms with E-state index < -0.39 is 23.4 Å². The zero-order valence-electron chi connectivity index (χ0n) is 23.4. The van der Waals surface area contributed by atoms with Crippen LogP contribution in [0.1, 0.15) is 49.9 Å². The van der Waals surface area contributed by atoms with E-state index in [2.05, 4.69) is 23.2 Å². The van der Waals surface area contributed by atoms with Crippen LogP contribution in [0.2, 0.25) is 0 Å². The summed E-state index contributed by atoms with van der Waals surface area (Å²) in [6, 6.07) is 11.2. The highest BCUT2D eigenvalue weighted by Crippen LogP contribution is 2.32. The Labute approximate surface area is 228 Å². The molecule has 3 rings (SSSR count). The topological polar surface area (TPSA) is 65.1 Å². The average molecular weight is 549 g/mol. The fourth-order valence-corrected chi connectivity index (χ4v) is 4.49. The van der Waals surface area contributed by atoms with Crippen LogP contribution in [0.25, 0.3) is 0 Å². The average Bonchev–Trinajstić information content (AvgIpc) is 2.87. The highest BCUT2D eigenvalue weighted by Gasteiger charge is 2.34. The van der Waals surface area contributed by atoms with Gasteiger partial charge in [0.05, 0.1) is 12.1 Å². The Bertz CT molecular complexity index is 1150. The molecule has 2 aromatic rings. The number of nitrogens with one attached hydrogen (secondary N) is 1. The third kappa shape index (κ3) is 8.61. The van der Waals surface area contributed by atoms with Crippen molar-refractivity contribution in [3.63, 3.8) is 0 Å². The van der Waals surface area contributed by atoms with Crippen LogP contribution in [0.4, 0.5) is 23.7 Å². The van der Waals surface area contributed by atoms with Crippen LogP contribution >= 0.6 is 0 Å². The molecule has 0 fully saturated rings. The molecule has 0 aromatic heterocycles. The van der Waals surface area contributed by atoms with Crippen molar-refractivity contribution in [3.8, 4) is 0 Å². The molecule has 10 heteroatoms. The molecule has 0 radical (unpaired) electrons. The Morgan fingerprint density at radius 1 is 1.05 bits per heavy atom. The van der Waals surface area contributed by atoms with E-state index in [4.69, 9.17) is 4.74 Å². The number of hydrogen-bond acceptors (Lipinski definition) is 5. The number of nitrogens with zero attached hydrogens (tertiary/aromatic N) is 3. The number of hydrogen-bond donors (Lipinski definition) is 1. The third-order valence-electron chi connectivity index (χ3n) is 6.68. The molecule has 2 amide bonds. The second kappa shape index (κ2) is 12.7. The lowest BCUT2D eigenvalue weighted by Crippen LogP contribution is -2.43. The number of amides is 2. The van der Waals surface area contributed by atoms with Gasteiger partial charge in [-0.3, -0.25) is 9.69 Å². The van der Waals surface area contributed by atoms with E-state index in [0.29, 0.717) is 0 Å². The first-order chi connectivity index (χ1) is 18.3. The summed E-state index contributed by atoms with van der Waals surface area (Å²) in [6.07, 6.45) is -4.20. The minimum absolute atomic E-state index is 0.00560. The smallest absolute Gasteiger partial charge is 0.416 e.